The number of hydrogen-bond acceptors (Lipinski definition) is 4. The molecular formula is C26H41N3O3. The summed E-state index contributed by atoms with van der Waals surface area (Å²) in [7, 11) is 0. The van der Waals surface area contributed by atoms with E-state index in [9.17, 15) is 14.7 Å². The Balaban J connectivity index is 2.12. The number of carbonyl (C=O) groups is 2. The number of hydrogen-bond donors (Lipinski definition) is 3. The molecule has 32 heavy (non-hydrogen) atoms. The molecule has 6 heteroatoms. The molecular weight excluding hydrogens is 402 g/mol. The van der Waals surface area contributed by atoms with Crippen LogP contribution in [0.1, 0.15) is 90.0 Å². The van der Waals surface area contributed by atoms with Crippen molar-refractivity contribution in [3.63, 3.8) is 0 Å². The number of aromatic hydroxyl groups is 1. The van der Waals surface area contributed by atoms with Crippen molar-refractivity contribution < 1.29 is 14.7 Å². The van der Waals surface area contributed by atoms with Crippen LogP contribution in [0.15, 0.2) is 29.3 Å². The molecule has 1 fully saturated rings. The molecule has 3 N–H and O–H groups in total. The summed E-state index contributed by atoms with van der Waals surface area (Å²) in [5.41, 5.74) is 0.591. The summed E-state index contributed by atoms with van der Waals surface area (Å²) in [6.07, 6.45) is 12.5. The number of phenolic OH excluding ortho intramolecular Hbond substituents is 1. The van der Waals surface area contributed by atoms with Crippen molar-refractivity contribution in [2.24, 2.45) is 10.9 Å². The molecule has 1 aromatic rings. The maximum absolute atomic E-state index is 13.3. The van der Waals surface area contributed by atoms with Crippen molar-refractivity contribution in [2.75, 3.05) is 6.54 Å². The summed E-state index contributed by atoms with van der Waals surface area (Å²) in [5, 5.41) is 16.0. The van der Waals surface area contributed by atoms with E-state index in [1.165, 1.54) is 19.3 Å². The van der Waals surface area contributed by atoms with Gasteiger partial charge in [0.15, 0.2) is 0 Å². The molecule has 0 heterocycles. The fourth-order valence-electron chi connectivity index (χ4n) is 4.20. The predicted molar refractivity (Wildman–Crippen MR) is 130 cm³/mol. The molecule has 2 amide bonds. The average molecular weight is 444 g/mol. The van der Waals surface area contributed by atoms with Crippen molar-refractivity contribution in [3.8, 4) is 5.75 Å². The monoisotopic (exact) mass is 443 g/mol. The number of phenols is 1. The number of nitrogens with zero attached hydrogens (tertiary/aromatic N) is 1. The molecule has 2 rings (SSSR count). The SMILES string of the molecule is CCCCNC(=O)[C@H](CCCC)NC(=O)[C@H](CC1CCCCC1)N=Cc1ccccc1O. The first-order valence-electron chi connectivity index (χ1n) is 12.4. The van der Waals surface area contributed by atoms with Crippen LogP contribution in [-0.4, -0.2) is 41.8 Å². The van der Waals surface area contributed by atoms with Crippen LogP contribution in [0.25, 0.3) is 0 Å². The first-order valence-corrected chi connectivity index (χ1v) is 12.4. The van der Waals surface area contributed by atoms with Gasteiger partial charge in [0.1, 0.15) is 17.8 Å². The van der Waals surface area contributed by atoms with Gasteiger partial charge >= 0.3 is 0 Å². The van der Waals surface area contributed by atoms with Crippen molar-refractivity contribution in [2.45, 2.75) is 96.6 Å². The number of amides is 2. The van der Waals surface area contributed by atoms with Gasteiger partial charge in [0, 0.05) is 18.3 Å². The molecule has 1 aliphatic rings. The molecule has 0 saturated heterocycles. The van der Waals surface area contributed by atoms with Crippen molar-refractivity contribution in [3.05, 3.63) is 29.8 Å². The van der Waals surface area contributed by atoms with Gasteiger partial charge in [-0.3, -0.25) is 14.6 Å². The largest absolute Gasteiger partial charge is 0.507 e. The summed E-state index contributed by atoms with van der Waals surface area (Å²) >= 11 is 0. The van der Waals surface area contributed by atoms with Crippen molar-refractivity contribution in [1.82, 2.24) is 10.6 Å². The lowest BCUT2D eigenvalue weighted by Crippen LogP contribution is -2.49. The zero-order valence-corrected chi connectivity index (χ0v) is 19.8. The molecule has 0 spiro atoms. The van der Waals surface area contributed by atoms with Gasteiger partial charge in [-0.15, -0.1) is 0 Å². The fourth-order valence-corrected chi connectivity index (χ4v) is 4.20. The molecule has 1 aliphatic carbocycles. The number of aliphatic imine (C=N–C) groups is 1. The number of carbonyl (C=O) groups excluding carboxylic acids is 2. The van der Waals surface area contributed by atoms with Crippen LogP contribution >= 0.6 is 0 Å². The Hall–Kier alpha value is -2.37. The van der Waals surface area contributed by atoms with E-state index < -0.39 is 12.1 Å². The Morgan fingerprint density at radius 3 is 2.50 bits per heavy atom. The Bertz CT molecular complexity index is 729. The smallest absolute Gasteiger partial charge is 0.245 e. The maximum Gasteiger partial charge on any atom is 0.245 e. The van der Waals surface area contributed by atoms with E-state index in [1.807, 2.05) is 6.07 Å². The van der Waals surface area contributed by atoms with Gasteiger partial charge in [0.05, 0.1) is 0 Å². The summed E-state index contributed by atoms with van der Waals surface area (Å²) in [4.78, 5) is 30.6. The second-order valence-corrected chi connectivity index (χ2v) is 8.94. The van der Waals surface area contributed by atoms with Crippen LogP contribution in [0, 0.1) is 5.92 Å². The normalized spacial score (nSPS) is 16.6. The minimum absolute atomic E-state index is 0.110. The van der Waals surface area contributed by atoms with Gasteiger partial charge in [-0.25, -0.2) is 0 Å². The molecule has 6 nitrogen and oxygen atoms in total. The molecule has 1 saturated carbocycles. The lowest BCUT2D eigenvalue weighted by Gasteiger charge is -2.26. The highest BCUT2D eigenvalue weighted by molar-refractivity contribution is 5.91. The number of unbranched alkanes of at least 4 members (excludes halogenated alkanes) is 2. The number of benzene rings is 1. The second-order valence-electron chi connectivity index (χ2n) is 8.94. The van der Waals surface area contributed by atoms with E-state index in [-0.39, 0.29) is 17.6 Å². The minimum Gasteiger partial charge on any atom is -0.507 e. The maximum atomic E-state index is 13.3. The third-order valence-corrected chi connectivity index (χ3v) is 6.22. The van der Waals surface area contributed by atoms with E-state index in [0.29, 0.717) is 30.9 Å². The van der Waals surface area contributed by atoms with Crippen LogP contribution in [0.5, 0.6) is 5.75 Å². The van der Waals surface area contributed by atoms with E-state index in [0.717, 1.165) is 38.5 Å². The van der Waals surface area contributed by atoms with E-state index >= 15 is 0 Å². The first-order chi connectivity index (χ1) is 15.5. The zero-order chi connectivity index (χ0) is 23.2. The van der Waals surface area contributed by atoms with Crippen molar-refractivity contribution in [1.29, 1.82) is 0 Å². The van der Waals surface area contributed by atoms with E-state index in [2.05, 4.69) is 29.5 Å². The van der Waals surface area contributed by atoms with Gasteiger partial charge in [0.2, 0.25) is 11.8 Å². The number of nitrogens with one attached hydrogen (secondary N) is 2. The second kappa shape index (κ2) is 14.6. The fraction of sp³-hybridized carbons (Fsp3) is 0.654. The van der Waals surface area contributed by atoms with Crippen LogP contribution in [-0.2, 0) is 9.59 Å². The minimum atomic E-state index is -0.565. The van der Waals surface area contributed by atoms with Crippen LogP contribution < -0.4 is 10.6 Å². The Morgan fingerprint density at radius 2 is 1.81 bits per heavy atom. The average Bonchev–Trinajstić information content (AvgIpc) is 2.80. The van der Waals surface area contributed by atoms with E-state index in [1.54, 1.807) is 24.4 Å². The van der Waals surface area contributed by atoms with Crippen molar-refractivity contribution >= 4 is 18.0 Å². The Morgan fingerprint density at radius 1 is 1.09 bits per heavy atom. The summed E-state index contributed by atoms with van der Waals surface area (Å²) in [6.45, 7) is 4.79. The summed E-state index contributed by atoms with van der Waals surface area (Å²) in [6, 6.07) is 5.88. The Labute approximate surface area is 193 Å². The highest BCUT2D eigenvalue weighted by Gasteiger charge is 2.27. The molecule has 2 atom stereocenters. The zero-order valence-electron chi connectivity index (χ0n) is 19.8. The van der Waals surface area contributed by atoms with E-state index in [4.69, 9.17) is 0 Å². The van der Waals surface area contributed by atoms with Gasteiger partial charge in [-0.1, -0.05) is 77.3 Å². The predicted octanol–water partition coefficient (Wildman–Crippen LogP) is 4.74. The molecule has 1 aromatic carbocycles. The topological polar surface area (TPSA) is 90.8 Å². The molecule has 0 bridgehead atoms. The van der Waals surface area contributed by atoms with Gasteiger partial charge in [-0.2, -0.15) is 0 Å². The van der Waals surface area contributed by atoms with Crippen LogP contribution in [0.2, 0.25) is 0 Å². The molecule has 178 valence electrons. The number of rotatable bonds is 13. The summed E-state index contributed by atoms with van der Waals surface area (Å²) < 4.78 is 0. The van der Waals surface area contributed by atoms with Gasteiger partial charge in [-0.05, 0) is 37.3 Å². The van der Waals surface area contributed by atoms with Gasteiger partial charge < -0.3 is 15.7 Å². The highest BCUT2D eigenvalue weighted by Crippen LogP contribution is 2.28. The lowest BCUT2D eigenvalue weighted by molar-refractivity contribution is -0.130. The molecule has 0 aliphatic heterocycles. The van der Waals surface area contributed by atoms with Crippen LogP contribution in [0.3, 0.4) is 0 Å². The van der Waals surface area contributed by atoms with Crippen LogP contribution in [0.4, 0.5) is 0 Å². The standard InChI is InChI=1S/C26H41N3O3/c1-3-5-15-22(25(31)27-17-6-4-2)29-26(32)23(18-20-12-8-7-9-13-20)28-19-21-14-10-11-16-24(21)30/h10-11,14,16,19-20,22-23,30H,3-9,12-13,15,17-18H2,1-2H3,(H,27,31)(H,29,32)/t22-,23-/m0/s1. The molecule has 0 aromatic heterocycles. The third kappa shape index (κ3) is 9.01. The number of para-hydroxylation sites is 1. The Kier molecular flexibility index (Phi) is 11.8. The van der Waals surface area contributed by atoms with Gasteiger partial charge in [0.25, 0.3) is 0 Å². The quantitative estimate of drug-likeness (QED) is 0.304. The lowest BCUT2D eigenvalue weighted by atomic mass is 9.84. The molecule has 0 unspecified atom stereocenters. The summed E-state index contributed by atoms with van der Waals surface area (Å²) in [5.74, 6) is 0.299. The third-order valence-electron chi connectivity index (χ3n) is 6.22. The molecule has 0 radical (unpaired) electrons. The highest BCUT2D eigenvalue weighted by atomic mass is 16.3. The first kappa shape index (κ1) is 25.9.